The Hall–Kier alpha value is -1.43. The highest BCUT2D eigenvalue weighted by molar-refractivity contribution is 7.07. The van der Waals surface area contributed by atoms with E-state index in [1.165, 1.54) is 0 Å². The summed E-state index contributed by atoms with van der Waals surface area (Å²) in [5.74, 6) is 0.779. The first-order chi connectivity index (χ1) is 9.76. The second-order valence-corrected chi connectivity index (χ2v) is 5.74. The number of hydrogen-bond donors (Lipinski definition) is 0. The van der Waals surface area contributed by atoms with E-state index in [-0.39, 0.29) is 11.8 Å². The molecule has 1 fully saturated rings. The molecule has 1 amide bonds. The second-order valence-electron chi connectivity index (χ2n) is 5.02. The van der Waals surface area contributed by atoms with Gasteiger partial charge in [0.25, 0.3) is 6.47 Å². The molecule has 1 saturated heterocycles. The monoisotopic (exact) mass is 296 g/mol. The molecule has 1 aliphatic heterocycles. The number of carbonyl (C=O) groups is 2. The van der Waals surface area contributed by atoms with Crippen LogP contribution in [0.15, 0.2) is 10.9 Å². The molecule has 2 heterocycles. The predicted molar refractivity (Wildman–Crippen MR) is 76.5 cm³/mol. The normalized spacial score (nSPS) is 17.8. The molecule has 2 rings (SSSR count). The van der Waals surface area contributed by atoms with Crippen LogP contribution in [-0.4, -0.2) is 42.0 Å². The largest absolute Gasteiger partial charge is 0.467 e. The zero-order valence-electron chi connectivity index (χ0n) is 11.7. The van der Waals surface area contributed by atoms with Gasteiger partial charge in [-0.15, -0.1) is 11.3 Å². The van der Waals surface area contributed by atoms with E-state index in [1.807, 2.05) is 17.2 Å². The second kappa shape index (κ2) is 7.38. The van der Waals surface area contributed by atoms with Crippen LogP contribution in [0.1, 0.15) is 37.8 Å². The first kappa shape index (κ1) is 15.0. The van der Waals surface area contributed by atoms with Crippen LogP contribution in [0.25, 0.3) is 0 Å². The Morgan fingerprint density at radius 2 is 2.35 bits per heavy atom. The summed E-state index contributed by atoms with van der Waals surface area (Å²) in [6.07, 6.45) is 2.45. The molecule has 1 atom stereocenters. The number of rotatable bonds is 6. The summed E-state index contributed by atoms with van der Waals surface area (Å²) in [7, 11) is 0. The number of nitrogens with zero attached hydrogens (tertiary/aromatic N) is 2. The standard InChI is InChI=1S/C14H20N2O3S/c1-2-14(18)16-5-3-11(4-6-16)12(7-19-10-17)13-8-20-9-15-13/h8-12H,2-7H2,1H3. The van der Waals surface area contributed by atoms with E-state index in [9.17, 15) is 9.59 Å². The van der Waals surface area contributed by atoms with Crippen LogP contribution in [-0.2, 0) is 14.3 Å². The molecule has 0 aromatic carbocycles. The van der Waals surface area contributed by atoms with Crippen molar-refractivity contribution in [2.24, 2.45) is 5.92 Å². The summed E-state index contributed by atoms with van der Waals surface area (Å²) in [5, 5.41) is 2.02. The molecule has 0 saturated carbocycles. The lowest BCUT2D eigenvalue weighted by Crippen LogP contribution is -2.40. The van der Waals surface area contributed by atoms with E-state index < -0.39 is 0 Å². The van der Waals surface area contributed by atoms with Crippen molar-refractivity contribution < 1.29 is 14.3 Å². The van der Waals surface area contributed by atoms with Gasteiger partial charge in [-0.05, 0) is 18.8 Å². The molecular weight excluding hydrogens is 276 g/mol. The third kappa shape index (κ3) is 3.56. The van der Waals surface area contributed by atoms with E-state index in [0.717, 1.165) is 31.6 Å². The van der Waals surface area contributed by atoms with Crippen molar-refractivity contribution in [2.75, 3.05) is 19.7 Å². The average Bonchev–Trinajstić information content (AvgIpc) is 3.01. The minimum absolute atomic E-state index is 0.144. The van der Waals surface area contributed by atoms with E-state index >= 15 is 0 Å². The van der Waals surface area contributed by atoms with E-state index in [2.05, 4.69) is 4.98 Å². The van der Waals surface area contributed by atoms with Crippen LogP contribution in [0.4, 0.5) is 0 Å². The number of likely N-dealkylation sites (tertiary alicyclic amines) is 1. The van der Waals surface area contributed by atoms with E-state index in [0.29, 0.717) is 25.4 Å². The lowest BCUT2D eigenvalue weighted by atomic mass is 9.83. The number of piperidine rings is 1. The number of amides is 1. The molecule has 20 heavy (non-hydrogen) atoms. The van der Waals surface area contributed by atoms with Gasteiger partial charge in [-0.2, -0.15) is 0 Å². The van der Waals surface area contributed by atoms with Crippen LogP contribution in [0, 0.1) is 5.92 Å². The number of aromatic nitrogens is 1. The van der Waals surface area contributed by atoms with E-state index in [4.69, 9.17) is 4.74 Å². The Bertz CT molecular complexity index is 428. The van der Waals surface area contributed by atoms with Gasteiger partial charge in [0.2, 0.25) is 5.91 Å². The summed E-state index contributed by atoms with van der Waals surface area (Å²) in [6, 6.07) is 0. The van der Waals surface area contributed by atoms with Gasteiger partial charge in [-0.3, -0.25) is 9.59 Å². The molecular formula is C14H20N2O3S. The van der Waals surface area contributed by atoms with Crippen LogP contribution in [0.2, 0.25) is 0 Å². The van der Waals surface area contributed by atoms with Gasteiger partial charge in [0, 0.05) is 30.8 Å². The van der Waals surface area contributed by atoms with Crippen molar-refractivity contribution in [1.82, 2.24) is 9.88 Å². The highest BCUT2D eigenvalue weighted by atomic mass is 32.1. The number of thiazole rings is 1. The summed E-state index contributed by atoms with van der Waals surface area (Å²) < 4.78 is 4.97. The van der Waals surface area contributed by atoms with Gasteiger partial charge >= 0.3 is 0 Å². The summed E-state index contributed by atoms with van der Waals surface area (Å²) in [4.78, 5) is 28.4. The number of carbonyl (C=O) groups excluding carboxylic acids is 2. The fourth-order valence-electron chi connectivity index (χ4n) is 2.79. The Kier molecular flexibility index (Phi) is 5.52. The molecule has 1 unspecified atom stereocenters. The zero-order valence-corrected chi connectivity index (χ0v) is 12.5. The Labute approximate surface area is 122 Å². The van der Waals surface area contributed by atoms with Crippen molar-refractivity contribution in [3.8, 4) is 0 Å². The van der Waals surface area contributed by atoms with Crippen LogP contribution < -0.4 is 0 Å². The van der Waals surface area contributed by atoms with Crippen molar-refractivity contribution in [3.63, 3.8) is 0 Å². The maximum absolute atomic E-state index is 11.7. The van der Waals surface area contributed by atoms with Crippen molar-refractivity contribution >= 4 is 23.7 Å². The molecule has 6 heteroatoms. The smallest absolute Gasteiger partial charge is 0.293 e. The van der Waals surface area contributed by atoms with Crippen LogP contribution in [0.5, 0.6) is 0 Å². The van der Waals surface area contributed by atoms with Gasteiger partial charge in [0.1, 0.15) is 0 Å². The maximum Gasteiger partial charge on any atom is 0.293 e. The topological polar surface area (TPSA) is 59.5 Å². The quantitative estimate of drug-likeness (QED) is 0.754. The van der Waals surface area contributed by atoms with Crippen molar-refractivity contribution in [1.29, 1.82) is 0 Å². The number of hydrogen-bond acceptors (Lipinski definition) is 5. The fourth-order valence-corrected chi connectivity index (χ4v) is 3.40. The third-order valence-corrected chi connectivity index (χ3v) is 4.54. The van der Waals surface area contributed by atoms with Gasteiger partial charge in [-0.1, -0.05) is 6.92 Å². The summed E-state index contributed by atoms with van der Waals surface area (Å²) >= 11 is 1.55. The van der Waals surface area contributed by atoms with E-state index in [1.54, 1.807) is 16.8 Å². The molecule has 110 valence electrons. The summed E-state index contributed by atoms with van der Waals surface area (Å²) in [6.45, 7) is 4.34. The Balaban J connectivity index is 1.97. The Morgan fingerprint density at radius 1 is 1.60 bits per heavy atom. The Morgan fingerprint density at radius 3 is 2.90 bits per heavy atom. The molecule has 0 bridgehead atoms. The molecule has 0 aliphatic carbocycles. The molecule has 1 aliphatic rings. The summed E-state index contributed by atoms with van der Waals surface area (Å²) in [5.41, 5.74) is 2.80. The van der Waals surface area contributed by atoms with Gasteiger partial charge in [0.15, 0.2) is 0 Å². The SMILES string of the molecule is CCC(=O)N1CCC(C(COC=O)c2cscn2)CC1. The molecule has 5 nitrogen and oxygen atoms in total. The molecule has 1 aromatic rings. The zero-order chi connectivity index (χ0) is 14.4. The lowest BCUT2D eigenvalue weighted by molar-refractivity contribution is -0.132. The minimum Gasteiger partial charge on any atom is -0.467 e. The highest BCUT2D eigenvalue weighted by Crippen LogP contribution is 2.33. The average molecular weight is 296 g/mol. The van der Waals surface area contributed by atoms with Gasteiger partial charge < -0.3 is 9.64 Å². The van der Waals surface area contributed by atoms with Crippen LogP contribution in [0.3, 0.4) is 0 Å². The maximum atomic E-state index is 11.7. The van der Waals surface area contributed by atoms with Crippen LogP contribution >= 0.6 is 11.3 Å². The minimum atomic E-state index is 0.144. The first-order valence-electron chi connectivity index (χ1n) is 6.97. The molecule has 0 N–H and O–H groups in total. The van der Waals surface area contributed by atoms with Gasteiger partial charge in [0.05, 0.1) is 17.8 Å². The predicted octanol–water partition coefficient (Wildman–Crippen LogP) is 2.05. The molecule has 1 aromatic heterocycles. The van der Waals surface area contributed by atoms with Crippen molar-refractivity contribution in [3.05, 3.63) is 16.6 Å². The van der Waals surface area contributed by atoms with Crippen molar-refractivity contribution in [2.45, 2.75) is 32.1 Å². The molecule has 0 radical (unpaired) electrons. The fraction of sp³-hybridized carbons (Fsp3) is 0.643. The highest BCUT2D eigenvalue weighted by Gasteiger charge is 2.30. The number of ether oxygens (including phenoxy) is 1. The lowest BCUT2D eigenvalue weighted by Gasteiger charge is -2.35. The molecule has 0 spiro atoms. The van der Waals surface area contributed by atoms with Gasteiger partial charge in [-0.25, -0.2) is 4.98 Å². The third-order valence-electron chi connectivity index (χ3n) is 3.94. The first-order valence-corrected chi connectivity index (χ1v) is 7.91.